The van der Waals surface area contributed by atoms with Crippen LogP contribution < -0.4 is 4.90 Å². The second kappa shape index (κ2) is 5.15. The minimum atomic E-state index is -0.804. The minimum absolute atomic E-state index is 0.650. The van der Waals surface area contributed by atoms with Crippen molar-refractivity contribution in [3.8, 4) is 0 Å². The molecule has 2 rings (SSSR count). The maximum Gasteiger partial charge on any atom is 0.329 e. The Morgan fingerprint density at radius 2 is 2.26 bits per heavy atom. The highest BCUT2D eigenvalue weighted by Gasteiger charge is 2.48. The van der Waals surface area contributed by atoms with E-state index in [0.29, 0.717) is 12.8 Å². The lowest BCUT2D eigenvalue weighted by Gasteiger charge is -2.36. The zero-order chi connectivity index (χ0) is 14.0. The quantitative estimate of drug-likeness (QED) is 0.903. The molecule has 19 heavy (non-hydrogen) atoms. The van der Waals surface area contributed by atoms with Crippen molar-refractivity contribution in [1.82, 2.24) is 9.97 Å². The number of anilines is 1. The van der Waals surface area contributed by atoms with Crippen molar-refractivity contribution in [3.63, 3.8) is 0 Å². The summed E-state index contributed by atoms with van der Waals surface area (Å²) in [6.45, 7) is 6.54. The SMILES string of the molecule is CCCC1(C(=O)O)CCCN1c1nc(C)cnc1C. The van der Waals surface area contributed by atoms with Crippen LogP contribution in [0.1, 0.15) is 44.0 Å². The average Bonchev–Trinajstić information content (AvgIpc) is 2.78. The van der Waals surface area contributed by atoms with E-state index in [9.17, 15) is 9.90 Å². The van der Waals surface area contributed by atoms with Crippen LogP contribution in [0.3, 0.4) is 0 Å². The van der Waals surface area contributed by atoms with Crippen LogP contribution in [0.15, 0.2) is 6.20 Å². The van der Waals surface area contributed by atoms with E-state index < -0.39 is 11.5 Å². The molecule has 1 aromatic rings. The van der Waals surface area contributed by atoms with E-state index in [1.54, 1.807) is 6.20 Å². The highest BCUT2D eigenvalue weighted by molar-refractivity contribution is 5.84. The van der Waals surface area contributed by atoms with Gasteiger partial charge in [0.05, 0.1) is 11.4 Å². The van der Waals surface area contributed by atoms with Gasteiger partial charge < -0.3 is 10.0 Å². The highest BCUT2D eigenvalue weighted by Crippen LogP contribution is 2.38. The van der Waals surface area contributed by atoms with E-state index in [0.717, 1.165) is 36.6 Å². The van der Waals surface area contributed by atoms with Gasteiger partial charge in [-0.25, -0.2) is 9.78 Å². The normalized spacial score (nSPS) is 22.8. The summed E-state index contributed by atoms with van der Waals surface area (Å²) in [7, 11) is 0. The Labute approximate surface area is 113 Å². The average molecular weight is 263 g/mol. The van der Waals surface area contributed by atoms with Crippen LogP contribution in [0.5, 0.6) is 0 Å². The Morgan fingerprint density at radius 1 is 1.53 bits per heavy atom. The Balaban J connectivity index is 2.47. The molecule has 1 N–H and O–H groups in total. The molecule has 2 heterocycles. The molecule has 0 radical (unpaired) electrons. The molecule has 0 spiro atoms. The van der Waals surface area contributed by atoms with Crippen LogP contribution in [-0.2, 0) is 4.79 Å². The molecule has 1 saturated heterocycles. The number of aryl methyl sites for hydroxylation is 2. The predicted octanol–water partition coefficient (Wildman–Crippen LogP) is 2.32. The summed E-state index contributed by atoms with van der Waals surface area (Å²) in [5.41, 5.74) is 0.819. The second-order valence-corrected chi connectivity index (χ2v) is 5.26. The van der Waals surface area contributed by atoms with Gasteiger partial charge in [0.1, 0.15) is 5.54 Å². The molecular weight excluding hydrogens is 242 g/mol. The van der Waals surface area contributed by atoms with Gasteiger partial charge in [-0.05, 0) is 33.1 Å². The lowest BCUT2D eigenvalue weighted by Crippen LogP contribution is -2.51. The third-order valence-corrected chi connectivity index (χ3v) is 3.86. The minimum Gasteiger partial charge on any atom is -0.479 e. The largest absolute Gasteiger partial charge is 0.479 e. The monoisotopic (exact) mass is 263 g/mol. The Hall–Kier alpha value is -1.65. The number of hydrogen-bond donors (Lipinski definition) is 1. The Morgan fingerprint density at radius 3 is 2.89 bits per heavy atom. The summed E-state index contributed by atoms with van der Waals surface area (Å²) >= 11 is 0. The zero-order valence-electron chi connectivity index (χ0n) is 11.8. The topological polar surface area (TPSA) is 66.3 Å². The molecule has 1 aromatic heterocycles. The lowest BCUT2D eigenvalue weighted by atomic mass is 9.90. The third-order valence-electron chi connectivity index (χ3n) is 3.86. The van der Waals surface area contributed by atoms with Gasteiger partial charge in [0.2, 0.25) is 0 Å². The molecule has 0 bridgehead atoms. The number of carboxylic acids is 1. The third kappa shape index (κ3) is 2.29. The van der Waals surface area contributed by atoms with Crippen molar-refractivity contribution >= 4 is 11.8 Å². The van der Waals surface area contributed by atoms with E-state index in [-0.39, 0.29) is 0 Å². The summed E-state index contributed by atoms with van der Waals surface area (Å²) in [6.07, 6.45) is 4.79. The second-order valence-electron chi connectivity index (χ2n) is 5.26. The summed E-state index contributed by atoms with van der Waals surface area (Å²) in [4.78, 5) is 22.6. The standard InChI is InChI=1S/C14H21N3O2/c1-4-6-14(13(18)19)7-5-8-17(14)12-11(3)15-9-10(2)16-12/h9H,4-8H2,1-3H3,(H,18,19). The zero-order valence-corrected chi connectivity index (χ0v) is 11.8. The van der Waals surface area contributed by atoms with Crippen LogP contribution in [0.25, 0.3) is 0 Å². The van der Waals surface area contributed by atoms with Gasteiger partial charge in [0, 0.05) is 12.7 Å². The van der Waals surface area contributed by atoms with Crippen molar-refractivity contribution in [2.24, 2.45) is 0 Å². The first-order chi connectivity index (χ1) is 9.01. The fourth-order valence-corrected chi connectivity index (χ4v) is 2.97. The lowest BCUT2D eigenvalue weighted by molar-refractivity contribution is -0.143. The first kappa shape index (κ1) is 13.8. The number of aliphatic carboxylic acids is 1. The fraction of sp³-hybridized carbons (Fsp3) is 0.643. The molecule has 0 amide bonds. The maximum absolute atomic E-state index is 11.8. The molecule has 0 aliphatic carbocycles. The van der Waals surface area contributed by atoms with Crippen LogP contribution in [0.4, 0.5) is 5.82 Å². The van der Waals surface area contributed by atoms with Crippen LogP contribution in [0, 0.1) is 13.8 Å². The molecular formula is C14H21N3O2. The van der Waals surface area contributed by atoms with Gasteiger partial charge in [-0.3, -0.25) is 4.98 Å². The van der Waals surface area contributed by atoms with Gasteiger partial charge in [-0.2, -0.15) is 0 Å². The van der Waals surface area contributed by atoms with Gasteiger partial charge in [0.25, 0.3) is 0 Å². The van der Waals surface area contributed by atoms with Crippen LogP contribution in [-0.4, -0.2) is 33.1 Å². The molecule has 1 atom stereocenters. The van der Waals surface area contributed by atoms with Gasteiger partial charge in [0.15, 0.2) is 5.82 Å². The Bertz CT molecular complexity index is 490. The highest BCUT2D eigenvalue weighted by atomic mass is 16.4. The van der Waals surface area contributed by atoms with E-state index in [1.165, 1.54) is 0 Å². The predicted molar refractivity (Wildman–Crippen MR) is 73.4 cm³/mol. The summed E-state index contributed by atoms with van der Waals surface area (Å²) in [5.74, 6) is -0.0112. The number of aromatic nitrogens is 2. The molecule has 1 aliphatic rings. The van der Waals surface area contributed by atoms with Gasteiger partial charge >= 0.3 is 5.97 Å². The molecule has 5 nitrogen and oxygen atoms in total. The van der Waals surface area contributed by atoms with Gasteiger partial charge in [-0.15, -0.1) is 0 Å². The Kier molecular flexibility index (Phi) is 3.73. The molecule has 1 aliphatic heterocycles. The first-order valence-corrected chi connectivity index (χ1v) is 6.82. The van der Waals surface area contributed by atoms with Crippen LogP contribution in [0.2, 0.25) is 0 Å². The van der Waals surface area contributed by atoms with Gasteiger partial charge in [-0.1, -0.05) is 13.3 Å². The molecule has 0 aromatic carbocycles. The number of rotatable bonds is 4. The summed E-state index contributed by atoms with van der Waals surface area (Å²) < 4.78 is 0. The van der Waals surface area contributed by atoms with E-state index >= 15 is 0 Å². The smallest absolute Gasteiger partial charge is 0.329 e. The summed E-state index contributed by atoms with van der Waals surface area (Å²) in [6, 6.07) is 0. The van der Waals surface area contributed by atoms with Crippen molar-refractivity contribution in [2.45, 2.75) is 52.0 Å². The van der Waals surface area contributed by atoms with Crippen molar-refractivity contribution in [3.05, 3.63) is 17.6 Å². The fourth-order valence-electron chi connectivity index (χ4n) is 2.97. The van der Waals surface area contributed by atoms with E-state index in [4.69, 9.17) is 0 Å². The first-order valence-electron chi connectivity index (χ1n) is 6.82. The molecule has 1 unspecified atom stereocenters. The van der Waals surface area contributed by atoms with Crippen molar-refractivity contribution in [1.29, 1.82) is 0 Å². The van der Waals surface area contributed by atoms with Crippen molar-refractivity contribution in [2.75, 3.05) is 11.4 Å². The molecule has 0 saturated carbocycles. The maximum atomic E-state index is 11.8. The molecule has 1 fully saturated rings. The number of carbonyl (C=O) groups is 1. The van der Waals surface area contributed by atoms with E-state index in [1.807, 2.05) is 25.7 Å². The number of hydrogen-bond acceptors (Lipinski definition) is 4. The number of nitrogens with zero attached hydrogens (tertiary/aromatic N) is 3. The van der Waals surface area contributed by atoms with E-state index in [2.05, 4.69) is 9.97 Å². The van der Waals surface area contributed by atoms with Crippen LogP contribution >= 0.6 is 0 Å². The number of carboxylic acid groups (broad SMARTS) is 1. The van der Waals surface area contributed by atoms with Crippen molar-refractivity contribution < 1.29 is 9.90 Å². The molecule has 5 heteroatoms. The molecule has 104 valence electrons. The summed E-state index contributed by atoms with van der Waals surface area (Å²) in [5, 5.41) is 9.70.